The third kappa shape index (κ3) is 4.37. The van der Waals surface area contributed by atoms with Gasteiger partial charge >= 0.3 is 6.03 Å². The van der Waals surface area contributed by atoms with Gasteiger partial charge in [-0.1, -0.05) is 12.1 Å². The summed E-state index contributed by atoms with van der Waals surface area (Å²) in [6.07, 6.45) is 3.83. The van der Waals surface area contributed by atoms with Crippen molar-refractivity contribution in [2.24, 2.45) is 0 Å². The van der Waals surface area contributed by atoms with Crippen molar-refractivity contribution in [2.45, 2.75) is 38.9 Å². The molecule has 2 aliphatic heterocycles. The minimum absolute atomic E-state index is 0.112. The van der Waals surface area contributed by atoms with E-state index in [0.29, 0.717) is 26.3 Å². The number of benzene rings is 1. The van der Waals surface area contributed by atoms with Gasteiger partial charge < -0.3 is 24.4 Å². The predicted octanol–water partition coefficient (Wildman–Crippen LogP) is 4.71. The fourth-order valence-electron chi connectivity index (χ4n) is 4.96. The quantitative estimate of drug-likeness (QED) is 0.518. The number of hydrogen-bond acceptors (Lipinski definition) is 4. The third-order valence-electron chi connectivity index (χ3n) is 6.65. The van der Waals surface area contributed by atoms with E-state index in [1.807, 2.05) is 29.2 Å². The molecule has 0 radical (unpaired) electrons. The number of nitrogens with zero attached hydrogens (tertiary/aromatic N) is 3. The summed E-state index contributed by atoms with van der Waals surface area (Å²) >= 11 is 1.83. The van der Waals surface area contributed by atoms with Crippen LogP contribution in [-0.2, 0) is 24.2 Å². The van der Waals surface area contributed by atoms with Gasteiger partial charge in [0.15, 0.2) is 0 Å². The number of nitrogens with one attached hydrogen (secondary N) is 1. The van der Waals surface area contributed by atoms with Crippen LogP contribution in [0.1, 0.15) is 46.6 Å². The molecule has 1 atom stereocenters. The number of urea groups is 1. The molecule has 5 rings (SSSR count). The van der Waals surface area contributed by atoms with Crippen LogP contribution in [0.3, 0.4) is 0 Å². The minimum Gasteiger partial charge on any atom is -0.382 e. The fraction of sp³-hybridized carbons (Fsp3) is 0.423. The molecule has 4 heterocycles. The Balaban J connectivity index is 1.55. The summed E-state index contributed by atoms with van der Waals surface area (Å²) in [6, 6.07) is 10.2. The first-order chi connectivity index (χ1) is 16.6. The standard InChI is InChI=1S/C26H31FN4O2S/c1-3-33-15-5-12-28-26(32)31-16-21-20-11-14-29(2)17-23(20)34-25(21)30-13-4-6-22(30)24(31)18-7-9-19(27)10-8-18/h4,6-10,13,24H,3,5,11-12,14-17H2,1-2H3,(H,28,32). The highest BCUT2D eigenvalue weighted by Gasteiger charge is 2.36. The molecule has 3 aromatic rings. The second-order valence-corrected chi connectivity index (χ2v) is 10.0. The SMILES string of the molecule is CCOCCCNC(=O)N1Cc2c(sc3c2CCN(C)C3)-n2cccc2C1c1ccc(F)cc1. The number of thiophene rings is 1. The van der Waals surface area contributed by atoms with Gasteiger partial charge in [0.25, 0.3) is 0 Å². The van der Waals surface area contributed by atoms with Crippen LogP contribution in [0, 0.1) is 5.82 Å². The minimum atomic E-state index is -0.316. The number of carbonyl (C=O) groups is 1. The Morgan fingerprint density at radius 2 is 2.03 bits per heavy atom. The second kappa shape index (κ2) is 9.90. The molecule has 1 aromatic carbocycles. The van der Waals surface area contributed by atoms with Gasteiger partial charge in [-0.2, -0.15) is 0 Å². The molecule has 8 heteroatoms. The summed E-state index contributed by atoms with van der Waals surface area (Å²) in [5, 5.41) is 4.30. The van der Waals surface area contributed by atoms with Crippen molar-refractivity contribution >= 4 is 17.4 Å². The van der Waals surface area contributed by atoms with E-state index in [9.17, 15) is 9.18 Å². The fourth-order valence-corrected chi connectivity index (χ4v) is 6.41. The van der Waals surface area contributed by atoms with Gasteiger partial charge in [0.1, 0.15) is 10.8 Å². The highest BCUT2D eigenvalue weighted by atomic mass is 32.1. The zero-order valence-corrected chi connectivity index (χ0v) is 20.5. The molecule has 180 valence electrons. The summed E-state index contributed by atoms with van der Waals surface area (Å²) in [7, 11) is 2.15. The summed E-state index contributed by atoms with van der Waals surface area (Å²) in [5.74, 6) is -0.281. The number of amides is 2. The Morgan fingerprint density at radius 3 is 2.82 bits per heavy atom. The van der Waals surface area contributed by atoms with Crippen LogP contribution < -0.4 is 5.32 Å². The summed E-state index contributed by atoms with van der Waals surface area (Å²) in [6.45, 7) is 6.28. The molecule has 1 unspecified atom stereocenters. The molecule has 6 nitrogen and oxygen atoms in total. The summed E-state index contributed by atoms with van der Waals surface area (Å²) < 4.78 is 21.4. The van der Waals surface area contributed by atoms with Crippen LogP contribution >= 0.6 is 11.3 Å². The molecular weight excluding hydrogens is 451 g/mol. The molecule has 2 aliphatic rings. The van der Waals surface area contributed by atoms with Crippen molar-refractivity contribution in [2.75, 3.05) is 33.4 Å². The van der Waals surface area contributed by atoms with E-state index in [0.717, 1.165) is 37.2 Å². The summed E-state index contributed by atoms with van der Waals surface area (Å²) in [5.41, 5.74) is 4.53. The van der Waals surface area contributed by atoms with Crippen LogP contribution in [0.4, 0.5) is 9.18 Å². The number of aromatic nitrogens is 1. The van der Waals surface area contributed by atoms with Gasteiger partial charge in [0, 0.05) is 49.5 Å². The van der Waals surface area contributed by atoms with Gasteiger partial charge in [-0.25, -0.2) is 9.18 Å². The number of fused-ring (bicyclic) bond motifs is 5. The van der Waals surface area contributed by atoms with Crippen LogP contribution in [0.2, 0.25) is 0 Å². The zero-order chi connectivity index (χ0) is 23.7. The van der Waals surface area contributed by atoms with Crippen LogP contribution in [0.25, 0.3) is 5.00 Å². The van der Waals surface area contributed by atoms with Crippen molar-refractivity contribution < 1.29 is 13.9 Å². The lowest BCUT2D eigenvalue weighted by atomic mass is 10.0. The molecule has 0 saturated carbocycles. The van der Waals surface area contributed by atoms with Gasteiger partial charge in [0.05, 0.1) is 18.3 Å². The molecule has 34 heavy (non-hydrogen) atoms. The maximum Gasteiger partial charge on any atom is 0.318 e. The van der Waals surface area contributed by atoms with Crippen molar-refractivity contribution in [3.63, 3.8) is 0 Å². The number of hydrogen-bond donors (Lipinski definition) is 1. The largest absolute Gasteiger partial charge is 0.382 e. The van der Waals surface area contributed by atoms with Crippen LogP contribution in [-0.4, -0.2) is 53.7 Å². The number of halogens is 1. The molecule has 0 bridgehead atoms. The van der Waals surface area contributed by atoms with Gasteiger partial charge in [-0.15, -0.1) is 11.3 Å². The topological polar surface area (TPSA) is 49.7 Å². The Morgan fingerprint density at radius 1 is 1.21 bits per heavy atom. The predicted molar refractivity (Wildman–Crippen MR) is 132 cm³/mol. The van der Waals surface area contributed by atoms with Crippen molar-refractivity contribution in [3.8, 4) is 5.00 Å². The van der Waals surface area contributed by atoms with E-state index in [4.69, 9.17) is 4.74 Å². The van der Waals surface area contributed by atoms with E-state index in [1.165, 1.54) is 33.1 Å². The Bertz CT molecular complexity index is 1160. The lowest BCUT2D eigenvalue weighted by Gasteiger charge is -2.32. The first kappa shape index (κ1) is 23.1. The van der Waals surface area contributed by atoms with Crippen molar-refractivity contribution in [3.05, 3.63) is 75.7 Å². The number of likely N-dealkylation sites (N-methyl/N-ethyl adjacent to an activating group) is 1. The lowest BCUT2D eigenvalue weighted by molar-refractivity contribution is 0.143. The van der Waals surface area contributed by atoms with Crippen molar-refractivity contribution in [1.29, 1.82) is 0 Å². The number of carbonyl (C=O) groups excluding carboxylic acids is 1. The van der Waals surface area contributed by atoms with Gasteiger partial charge in [-0.3, -0.25) is 0 Å². The highest BCUT2D eigenvalue weighted by Crippen LogP contribution is 2.43. The first-order valence-corrected chi connectivity index (χ1v) is 12.8. The highest BCUT2D eigenvalue weighted by molar-refractivity contribution is 7.15. The molecule has 1 N–H and O–H groups in total. The van der Waals surface area contributed by atoms with E-state index in [-0.39, 0.29) is 17.9 Å². The maximum absolute atomic E-state index is 13.8. The second-order valence-electron chi connectivity index (χ2n) is 8.94. The Kier molecular flexibility index (Phi) is 6.72. The van der Waals surface area contributed by atoms with E-state index in [1.54, 1.807) is 12.1 Å². The van der Waals surface area contributed by atoms with Gasteiger partial charge in [0.2, 0.25) is 0 Å². The van der Waals surface area contributed by atoms with E-state index >= 15 is 0 Å². The Hall–Kier alpha value is -2.68. The molecule has 0 saturated heterocycles. The van der Waals surface area contributed by atoms with Gasteiger partial charge in [-0.05, 0) is 62.2 Å². The van der Waals surface area contributed by atoms with E-state index in [2.05, 4.69) is 34.1 Å². The zero-order valence-electron chi connectivity index (χ0n) is 19.7. The third-order valence-corrected chi connectivity index (χ3v) is 7.91. The first-order valence-electron chi connectivity index (χ1n) is 11.9. The normalized spacial score (nSPS) is 17.6. The Labute approximate surface area is 203 Å². The monoisotopic (exact) mass is 482 g/mol. The molecule has 0 spiro atoms. The average Bonchev–Trinajstić information content (AvgIpc) is 3.41. The lowest BCUT2D eigenvalue weighted by Crippen LogP contribution is -2.42. The molecule has 0 fully saturated rings. The summed E-state index contributed by atoms with van der Waals surface area (Å²) in [4.78, 5) is 19.2. The van der Waals surface area contributed by atoms with Crippen molar-refractivity contribution in [1.82, 2.24) is 19.7 Å². The smallest absolute Gasteiger partial charge is 0.318 e. The molecular formula is C26H31FN4O2S. The average molecular weight is 483 g/mol. The molecule has 0 aliphatic carbocycles. The van der Waals surface area contributed by atoms with E-state index < -0.39 is 0 Å². The molecule has 2 amide bonds. The number of rotatable bonds is 6. The molecule has 2 aromatic heterocycles. The number of ether oxygens (including phenoxy) is 1. The maximum atomic E-state index is 13.8. The van der Waals surface area contributed by atoms with Crippen LogP contribution in [0.5, 0.6) is 0 Å². The van der Waals surface area contributed by atoms with Crippen LogP contribution in [0.15, 0.2) is 42.6 Å².